The summed E-state index contributed by atoms with van der Waals surface area (Å²) >= 11 is 1.26. The third-order valence-corrected chi connectivity index (χ3v) is 17.8. The van der Waals surface area contributed by atoms with E-state index in [0.29, 0.717) is 18.5 Å². The smallest absolute Gasteiger partial charge is 0.326 e. The van der Waals surface area contributed by atoms with Gasteiger partial charge in [0, 0.05) is 49.5 Å². The van der Waals surface area contributed by atoms with Gasteiger partial charge in [0.25, 0.3) is 0 Å². The second kappa shape index (κ2) is 50.4. The first-order valence-electron chi connectivity index (χ1n) is 36.3. The molecule has 27 N–H and O–H groups in total. The summed E-state index contributed by atoms with van der Waals surface area (Å²) in [6, 6.07) is -20.2. The number of aliphatic carboxylic acids is 2. The third kappa shape index (κ3) is 36.3. The van der Waals surface area contributed by atoms with Gasteiger partial charge in [-0.15, -0.1) is 0 Å². The highest BCUT2D eigenvalue weighted by atomic mass is 32.2. The molecule has 0 bridgehead atoms. The molecular weight excluding hydrogens is 1480 g/mol. The summed E-state index contributed by atoms with van der Waals surface area (Å²) in [6.07, 6.45) is 3.91. The molecular formula is C68H113N21O21S. The van der Waals surface area contributed by atoms with Crippen LogP contribution in [0.3, 0.4) is 0 Å². The van der Waals surface area contributed by atoms with Crippen LogP contribution in [0.15, 0.2) is 25.0 Å². The number of aromatic amines is 2. The third-order valence-electron chi connectivity index (χ3n) is 17.2. The van der Waals surface area contributed by atoms with E-state index >= 15 is 0 Å². The number of nitrogens with two attached hydrogens (primary N) is 4. The number of carboxylic acid groups (broad SMARTS) is 2. The zero-order chi connectivity index (χ0) is 83.8. The fourth-order valence-corrected chi connectivity index (χ4v) is 11.3. The molecule has 2 aromatic rings. The molecule has 2 rings (SSSR count). The number of carbonyl (C=O) groups is 17. The van der Waals surface area contributed by atoms with Gasteiger partial charge < -0.3 is 122 Å². The molecule has 14 atom stereocenters. The second-order valence-electron chi connectivity index (χ2n) is 27.8. The lowest BCUT2D eigenvalue weighted by Gasteiger charge is -2.30. The number of thioether (sulfide) groups is 1. The van der Waals surface area contributed by atoms with Crippen molar-refractivity contribution < 1.29 is 102 Å². The zero-order valence-electron chi connectivity index (χ0n) is 63.9. The SMILES string of the molecule is CC[C@H](C)[C@H](NC(=O)[C@@H](CCC(=O)O)NC(=O)[C@@H](CO)NC(=O)[C@H](NC(=O)[C@H](N)CO)C(C)C)C(=O)N[C@H](CCC(N)=O)C(=O)N[C@@H](CC(C)C)C(=O)N[C@H](CCSC)C(=O)N[C@H](Cc1cnc[nH]1)C(=O)N[C@H](CC(N)=O)C(=O)N[C@H](CC(C)C)C(=O)NCC(=O)N[C@H](CCCCN)C(=O)N[C@H](Cc1cnc[nH]1)C(=O)O. The maximum Gasteiger partial charge on any atom is 0.326 e. The molecule has 0 aliphatic rings. The number of aliphatic hydroxyl groups is 2. The quantitative estimate of drug-likeness (QED) is 0.0274. The highest BCUT2D eigenvalue weighted by Crippen LogP contribution is 2.16. The summed E-state index contributed by atoms with van der Waals surface area (Å²) in [5, 5.41) is 70.9. The van der Waals surface area contributed by atoms with Crippen molar-refractivity contribution in [3.05, 3.63) is 36.4 Å². The summed E-state index contributed by atoms with van der Waals surface area (Å²) in [4.78, 5) is 244. The number of aliphatic hydroxyl groups excluding tert-OH is 2. The van der Waals surface area contributed by atoms with Crippen LogP contribution < -0.4 is 92.1 Å². The molecule has 0 saturated heterocycles. The van der Waals surface area contributed by atoms with Crippen LogP contribution in [-0.2, 0) is 94.3 Å². The lowest BCUT2D eigenvalue weighted by Crippen LogP contribution is -2.62. The number of imidazole rings is 2. The van der Waals surface area contributed by atoms with E-state index in [9.17, 15) is 102 Å². The number of nitrogens with one attached hydrogen (secondary N) is 15. The van der Waals surface area contributed by atoms with Crippen LogP contribution in [0.2, 0.25) is 0 Å². The van der Waals surface area contributed by atoms with Gasteiger partial charge in [0.05, 0.1) is 38.8 Å². The number of hydrogen-bond donors (Lipinski definition) is 23. The molecule has 0 aromatic carbocycles. The minimum Gasteiger partial charge on any atom is -0.481 e. The molecule has 0 unspecified atom stereocenters. The molecule has 15 amide bonds. The van der Waals surface area contributed by atoms with Gasteiger partial charge in [-0.3, -0.25) is 76.7 Å². The maximum atomic E-state index is 14.6. The Hall–Kier alpha value is -10.4. The van der Waals surface area contributed by atoms with Gasteiger partial charge in [-0.25, -0.2) is 14.8 Å². The van der Waals surface area contributed by atoms with Crippen LogP contribution in [0.25, 0.3) is 0 Å². The van der Waals surface area contributed by atoms with Gasteiger partial charge in [-0.05, 0) is 93.6 Å². The molecule has 111 heavy (non-hydrogen) atoms. The van der Waals surface area contributed by atoms with Gasteiger partial charge in [-0.2, -0.15) is 11.8 Å². The van der Waals surface area contributed by atoms with Gasteiger partial charge in [0.2, 0.25) is 88.6 Å². The lowest BCUT2D eigenvalue weighted by atomic mass is 9.96. The number of hydrogen-bond acceptors (Lipinski definition) is 24. The van der Waals surface area contributed by atoms with E-state index in [0.717, 1.165) is 0 Å². The fourth-order valence-electron chi connectivity index (χ4n) is 10.8. The minimum atomic E-state index is -1.83. The molecule has 0 radical (unpaired) electrons. The zero-order valence-corrected chi connectivity index (χ0v) is 64.7. The average molecular weight is 1590 g/mol. The first-order valence-corrected chi connectivity index (χ1v) is 37.7. The van der Waals surface area contributed by atoms with Crippen molar-refractivity contribution in [3.8, 4) is 0 Å². The van der Waals surface area contributed by atoms with E-state index in [1.165, 1.54) is 57.6 Å². The van der Waals surface area contributed by atoms with Gasteiger partial charge in [0.1, 0.15) is 78.5 Å². The van der Waals surface area contributed by atoms with E-state index in [1.807, 2.05) is 0 Å². The van der Waals surface area contributed by atoms with Crippen molar-refractivity contribution in [2.45, 2.75) is 224 Å². The van der Waals surface area contributed by atoms with Crippen molar-refractivity contribution in [1.29, 1.82) is 0 Å². The van der Waals surface area contributed by atoms with Crippen LogP contribution in [0.4, 0.5) is 0 Å². The highest BCUT2D eigenvalue weighted by molar-refractivity contribution is 7.98. The predicted molar refractivity (Wildman–Crippen MR) is 399 cm³/mol. The van der Waals surface area contributed by atoms with Crippen molar-refractivity contribution >= 4 is 112 Å². The van der Waals surface area contributed by atoms with E-state index in [-0.39, 0.29) is 74.8 Å². The normalized spacial score (nSPS) is 15.0. The predicted octanol–water partition coefficient (Wildman–Crippen LogP) is -7.07. The number of H-pyrrole nitrogens is 2. The summed E-state index contributed by atoms with van der Waals surface area (Å²) in [6.45, 7) is 10.7. The molecule has 42 nitrogen and oxygen atoms in total. The van der Waals surface area contributed by atoms with Crippen LogP contribution in [0, 0.1) is 23.7 Å². The topological polar surface area (TPSA) is 689 Å². The Labute approximate surface area is 646 Å². The van der Waals surface area contributed by atoms with Crippen LogP contribution in [0.1, 0.15) is 144 Å². The Morgan fingerprint density at radius 2 is 0.892 bits per heavy atom. The van der Waals surface area contributed by atoms with Gasteiger partial charge in [0.15, 0.2) is 0 Å². The number of rotatable bonds is 55. The van der Waals surface area contributed by atoms with E-state index in [2.05, 4.69) is 89.1 Å². The Morgan fingerprint density at radius 3 is 1.36 bits per heavy atom. The number of nitrogens with zero attached hydrogens (tertiary/aromatic N) is 2. The average Bonchev–Trinajstić information content (AvgIpc) is 1.41. The van der Waals surface area contributed by atoms with Crippen LogP contribution >= 0.6 is 11.8 Å². The lowest BCUT2D eigenvalue weighted by molar-refractivity contribution is -0.142. The van der Waals surface area contributed by atoms with Crippen molar-refractivity contribution in [2.75, 3.05) is 38.3 Å². The molecule has 0 spiro atoms. The molecule has 2 heterocycles. The highest BCUT2D eigenvalue weighted by Gasteiger charge is 2.39. The standard InChI is InChI=1S/C68H113N21O21S/c1-10-36(8)55(89-61(102)42(15-17-53(95)96)79-65(106)49(30-91)87-66(107)54(35(6)7)88-56(97)39(70)29-90)67(108)81-41(14-16-50(71)92)59(100)83-45(22-34(4)5)62(103)80-43(18-20-111-9)60(101)84-46(23-37-26-73-31-76-37)63(104)85-47(25-51(72)93)64(105)82-44(21-33(2)3)57(98)75-28-52(94)78-40(13-11-12-19-69)58(99)86-48(68(109)110)24-38-27-74-32-77-38/h26-27,31-36,39-49,54-55,90-91H,10-25,28-30,69-70H2,1-9H3,(H2,71,92)(H2,72,93)(H,73,76)(H,74,77)(H,75,98)(H,78,94)(H,79,106)(H,80,103)(H,81,108)(H,82,105)(H,83,100)(H,84,101)(H,85,104)(H,86,99)(H,87,107)(H,88,97)(H,89,102)(H,95,96)(H,109,110)/t36-,39+,40+,41+,42+,43+,44+,45-,46+,47+,48+,49+,54+,55-/m0/s1. The second-order valence-corrected chi connectivity index (χ2v) is 28.8. The monoisotopic (exact) mass is 1590 g/mol. The van der Waals surface area contributed by atoms with Crippen LogP contribution in [0.5, 0.6) is 0 Å². The first-order chi connectivity index (χ1) is 52.3. The number of amides is 15. The largest absolute Gasteiger partial charge is 0.481 e. The van der Waals surface area contributed by atoms with Crippen molar-refractivity contribution in [3.63, 3.8) is 0 Å². The summed E-state index contributed by atoms with van der Waals surface area (Å²) in [5.74, 6) is -19.9. The van der Waals surface area contributed by atoms with E-state index < -0.39 is 243 Å². The summed E-state index contributed by atoms with van der Waals surface area (Å²) < 4.78 is 0. The summed E-state index contributed by atoms with van der Waals surface area (Å²) in [5.41, 5.74) is 23.0. The molecule has 0 aliphatic heterocycles. The van der Waals surface area contributed by atoms with Gasteiger partial charge >= 0.3 is 11.9 Å². The number of carbonyl (C=O) groups excluding carboxylic acids is 15. The Balaban J connectivity index is 2.48. The number of aromatic nitrogens is 4. The fraction of sp³-hybridized carbons (Fsp3) is 0.662. The molecule has 0 fully saturated rings. The molecule has 43 heteroatoms. The Kier molecular flexibility index (Phi) is 43.9. The van der Waals surface area contributed by atoms with Crippen LogP contribution in [-0.4, -0.2) is 258 Å². The number of carboxylic acids is 2. The van der Waals surface area contributed by atoms with E-state index in [4.69, 9.17) is 22.9 Å². The summed E-state index contributed by atoms with van der Waals surface area (Å²) in [7, 11) is 0. The van der Waals surface area contributed by atoms with Gasteiger partial charge in [-0.1, -0.05) is 61.8 Å². The molecule has 0 aliphatic carbocycles. The first kappa shape index (κ1) is 96.7. The van der Waals surface area contributed by atoms with Crippen molar-refractivity contribution in [2.24, 2.45) is 46.6 Å². The Morgan fingerprint density at radius 1 is 0.468 bits per heavy atom. The van der Waals surface area contributed by atoms with E-state index in [1.54, 1.807) is 40.9 Å². The number of primary amides is 2. The Bertz CT molecular complexity index is 3420. The number of unbranched alkanes of at least 4 members (excludes halogenated alkanes) is 1. The molecule has 0 saturated carbocycles. The minimum absolute atomic E-state index is 0.0322. The molecule has 622 valence electrons. The maximum absolute atomic E-state index is 14.6. The van der Waals surface area contributed by atoms with Crippen molar-refractivity contribution in [1.82, 2.24) is 89.1 Å². The molecule has 2 aromatic heterocycles.